The molecule has 2 heterocycles. The Morgan fingerprint density at radius 1 is 1.28 bits per heavy atom. The number of amides is 1. The summed E-state index contributed by atoms with van der Waals surface area (Å²) in [7, 11) is 1.73. The molecule has 158 valence electrons. The van der Waals surface area contributed by atoms with E-state index >= 15 is 0 Å². The van der Waals surface area contributed by atoms with Crippen molar-refractivity contribution in [2.24, 2.45) is 13.0 Å². The number of piperidine rings is 1. The number of nitrogens with zero attached hydrogens (tertiary/aromatic N) is 3. The Bertz CT molecular complexity index is 879. The van der Waals surface area contributed by atoms with Crippen LogP contribution in [0.3, 0.4) is 0 Å². The molecule has 2 N–H and O–H groups in total. The average Bonchev–Trinajstić information content (AvgIpc) is 3.40. The van der Waals surface area contributed by atoms with E-state index in [9.17, 15) is 18.0 Å². The molecule has 0 spiro atoms. The highest BCUT2D eigenvalue weighted by molar-refractivity contribution is 5.93. The number of hydrogen-bond donors (Lipinski definition) is 2. The molecule has 2 aromatic rings. The molecule has 4 rings (SSSR count). The Labute approximate surface area is 172 Å². The Morgan fingerprint density at radius 3 is 2.69 bits per heavy atom. The van der Waals surface area contributed by atoms with Crippen molar-refractivity contribution in [2.45, 2.75) is 37.3 Å². The van der Waals surface area contributed by atoms with Crippen molar-refractivity contribution in [2.75, 3.05) is 18.4 Å². The minimum absolute atomic E-state index is 0. The Morgan fingerprint density at radius 2 is 2.00 bits per heavy atom. The van der Waals surface area contributed by atoms with Gasteiger partial charge in [-0.2, -0.15) is 23.3 Å². The maximum atomic E-state index is 12.9. The van der Waals surface area contributed by atoms with Crippen LogP contribution in [0.5, 0.6) is 0 Å². The molecule has 6 nitrogen and oxygen atoms in total. The van der Waals surface area contributed by atoms with Crippen molar-refractivity contribution in [1.82, 2.24) is 20.1 Å². The summed E-state index contributed by atoms with van der Waals surface area (Å²) in [4.78, 5) is 17.0. The van der Waals surface area contributed by atoms with Gasteiger partial charge in [0.2, 0.25) is 11.9 Å². The first-order chi connectivity index (χ1) is 13.3. The lowest BCUT2D eigenvalue weighted by molar-refractivity contribution is -0.137. The van der Waals surface area contributed by atoms with E-state index in [-0.39, 0.29) is 36.1 Å². The van der Waals surface area contributed by atoms with Crippen molar-refractivity contribution in [3.8, 4) is 0 Å². The topological polar surface area (TPSA) is 71.8 Å². The third-order valence-corrected chi connectivity index (χ3v) is 5.49. The van der Waals surface area contributed by atoms with Crippen LogP contribution >= 0.6 is 12.4 Å². The third-order valence-electron chi connectivity index (χ3n) is 5.49. The van der Waals surface area contributed by atoms with Gasteiger partial charge in [-0.05, 0) is 49.9 Å². The molecular formula is C19H23ClF3N5O. The predicted octanol–water partition coefficient (Wildman–Crippen LogP) is 3.46. The molecule has 0 radical (unpaired) electrons. The molecule has 2 unspecified atom stereocenters. The van der Waals surface area contributed by atoms with Crippen LogP contribution in [0.2, 0.25) is 0 Å². The van der Waals surface area contributed by atoms with Gasteiger partial charge in [-0.1, -0.05) is 18.2 Å². The highest BCUT2D eigenvalue weighted by Gasteiger charge is 2.45. The molecule has 0 bridgehead atoms. The first-order valence-electron chi connectivity index (χ1n) is 9.42. The summed E-state index contributed by atoms with van der Waals surface area (Å²) in [5, 5.41) is 10.5. The fourth-order valence-corrected chi connectivity index (χ4v) is 3.77. The van der Waals surface area contributed by atoms with E-state index in [1.807, 2.05) is 0 Å². The van der Waals surface area contributed by atoms with Gasteiger partial charge in [-0.3, -0.25) is 10.1 Å². The number of carbonyl (C=O) groups excluding carboxylic acids is 1. The van der Waals surface area contributed by atoms with Crippen LogP contribution in [-0.4, -0.2) is 33.8 Å². The van der Waals surface area contributed by atoms with Gasteiger partial charge in [0.05, 0.1) is 5.56 Å². The highest BCUT2D eigenvalue weighted by Crippen LogP contribution is 2.48. The minimum Gasteiger partial charge on any atom is -0.317 e. The molecule has 1 aliphatic heterocycles. The molecule has 2 aliphatic rings. The molecule has 1 saturated carbocycles. The van der Waals surface area contributed by atoms with E-state index in [4.69, 9.17) is 0 Å². The molecular weight excluding hydrogens is 407 g/mol. The molecule has 1 aromatic carbocycles. The lowest BCUT2D eigenvalue weighted by Gasteiger charge is -2.19. The highest BCUT2D eigenvalue weighted by atomic mass is 35.5. The molecule has 10 heteroatoms. The van der Waals surface area contributed by atoms with E-state index in [1.165, 1.54) is 6.07 Å². The zero-order valence-corrected chi connectivity index (χ0v) is 16.7. The second-order valence-corrected chi connectivity index (χ2v) is 7.50. The molecule has 1 saturated heterocycles. The van der Waals surface area contributed by atoms with Crippen molar-refractivity contribution >= 4 is 24.3 Å². The van der Waals surface area contributed by atoms with Gasteiger partial charge in [0.15, 0.2) is 5.82 Å². The van der Waals surface area contributed by atoms with Crippen LogP contribution in [0.4, 0.5) is 19.1 Å². The summed E-state index contributed by atoms with van der Waals surface area (Å²) < 4.78 is 40.2. The van der Waals surface area contributed by atoms with Crippen LogP contribution in [-0.2, 0) is 18.0 Å². The number of hydrogen-bond acceptors (Lipinski definition) is 4. The van der Waals surface area contributed by atoms with E-state index in [0.29, 0.717) is 17.9 Å². The van der Waals surface area contributed by atoms with Gasteiger partial charge < -0.3 is 5.32 Å². The summed E-state index contributed by atoms with van der Waals surface area (Å²) in [5.74, 6) is 0.617. The number of aryl methyl sites for hydroxylation is 1. The number of rotatable bonds is 4. The largest absolute Gasteiger partial charge is 0.416 e. The lowest BCUT2D eigenvalue weighted by Crippen LogP contribution is -2.27. The predicted molar refractivity (Wildman–Crippen MR) is 104 cm³/mol. The molecule has 1 amide bonds. The summed E-state index contributed by atoms with van der Waals surface area (Å²) in [6.07, 6.45) is -1.94. The maximum Gasteiger partial charge on any atom is 0.416 e. The standard InChI is InChI=1S/C19H22F3N5O.ClH/c1-27-18(24-16(26-27)11-5-7-23-8-6-11)25-17(28)15-10-14(15)12-3-2-4-13(9-12)19(20,21)22;/h2-4,9,11,14-15,23H,5-8,10H2,1H3,(H,24,25,26,28);1H. The molecule has 2 atom stereocenters. The van der Waals surface area contributed by atoms with E-state index < -0.39 is 11.7 Å². The van der Waals surface area contributed by atoms with Gasteiger partial charge >= 0.3 is 6.18 Å². The minimum atomic E-state index is -4.38. The average molecular weight is 430 g/mol. The van der Waals surface area contributed by atoms with Crippen LogP contribution in [0, 0.1) is 5.92 Å². The van der Waals surface area contributed by atoms with Gasteiger partial charge in [-0.15, -0.1) is 12.4 Å². The lowest BCUT2D eigenvalue weighted by atomic mass is 9.98. The van der Waals surface area contributed by atoms with E-state index in [1.54, 1.807) is 17.8 Å². The first kappa shape index (κ1) is 21.6. The second-order valence-electron chi connectivity index (χ2n) is 7.50. The van der Waals surface area contributed by atoms with E-state index in [2.05, 4.69) is 20.7 Å². The van der Waals surface area contributed by atoms with Crippen LogP contribution < -0.4 is 10.6 Å². The Balaban J connectivity index is 0.00000240. The molecule has 1 aliphatic carbocycles. The zero-order valence-electron chi connectivity index (χ0n) is 15.9. The van der Waals surface area contributed by atoms with Gasteiger partial charge in [0.1, 0.15) is 0 Å². The third kappa shape index (κ3) is 4.72. The number of carbonyl (C=O) groups is 1. The number of benzene rings is 1. The smallest absolute Gasteiger partial charge is 0.317 e. The second kappa shape index (κ2) is 8.31. The quantitative estimate of drug-likeness (QED) is 0.780. The van der Waals surface area contributed by atoms with Crippen LogP contribution in [0.1, 0.15) is 48.0 Å². The monoisotopic (exact) mass is 429 g/mol. The first-order valence-corrected chi connectivity index (χ1v) is 9.42. The van der Waals surface area contributed by atoms with Crippen molar-refractivity contribution < 1.29 is 18.0 Å². The summed E-state index contributed by atoms with van der Waals surface area (Å²) in [6.45, 7) is 1.84. The summed E-state index contributed by atoms with van der Waals surface area (Å²) in [6, 6.07) is 5.21. The van der Waals surface area contributed by atoms with E-state index in [0.717, 1.165) is 43.9 Å². The van der Waals surface area contributed by atoms with Crippen LogP contribution in [0.25, 0.3) is 0 Å². The number of aromatic nitrogens is 3. The number of anilines is 1. The van der Waals surface area contributed by atoms with Gasteiger partial charge in [-0.25, -0.2) is 4.68 Å². The SMILES string of the molecule is Cl.Cn1nc(C2CCNCC2)nc1NC(=O)C1CC1c1cccc(C(F)(F)F)c1. The zero-order chi connectivity index (χ0) is 19.9. The van der Waals surface area contributed by atoms with Crippen molar-refractivity contribution in [1.29, 1.82) is 0 Å². The maximum absolute atomic E-state index is 12.9. The number of alkyl halides is 3. The molecule has 1 aromatic heterocycles. The summed E-state index contributed by atoms with van der Waals surface area (Å²) in [5.41, 5.74) is -0.140. The fraction of sp³-hybridized carbons (Fsp3) is 0.526. The molecule has 29 heavy (non-hydrogen) atoms. The normalized spacial score (nSPS) is 22.1. The van der Waals surface area contributed by atoms with Crippen LogP contribution in [0.15, 0.2) is 24.3 Å². The summed E-state index contributed by atoms with van der Waals surface area (Å²) >= 11 is 0. The number of halogens is 4. The van der Waals surface area contributed by atoms with Gasteiger partial charge in [0, 0.05) is 18.9 Å². The number of nitrogens with one attached hydrogen (secondary N) is 2. The molecule has 2 fully saturated rings. The van der Waals surface area contributed by atoms with Crippen molar-refractivity contribution in [3.05, 3.63) is 41.2 Å². The Kier molecular flexibility index (Phi) is 6.19. The van der Waals surface area contributed by atoms with Gasteiger partial charge in [0.25, 0.3) is 0 Å². The van der Waals surface area contributed by atoms with Crippen molar-refractivity contribution in [3.63, 3.8) is 0 Å². The Hall–Kier alpha value is -2.13. The fourth-order valence-electron chi connectivity index (χ4n) is 3.77.